The maximum Gasteiger partial charge on any atom is 0.224 e. The van der Waals surface area contributed by atoms with Crippen molar-refractivity contribution in [2.24, 2.45) is 0 Å². The number of benzene rings is 1. The number of rotatable bonds is 8. The van der Waals surface area contributed by atoms with Gasteiger partial charge in [0.15, 0.2) is 0 Å². The first-order chi connectivity index (χ1) is 19.1. The van der Waals surface area contributed by atoms with Crippen LogP contribution in [-0.2, 0) is 9.53 Å². The summed E-state index contributed by atoms with van der Waals surface area (Å²) in [7, 11) is 0. The van der Waals surface area contributed by atoms with Crippen molar-refractivity contribution in [3.05, 3.63) is 48.3 Å². The molecular formula is C32H44N4O3. The van der Waals surface area contributed by atoms with Crippen molar-refractivity contribution in [1.82, 2.24) is 14.9 Å². The van der Waals surface area contributed by atoms with Gasteiger partial charge in [-0.15, -0.1) is 0 Å². The van der Waals surface area contributed by atoms with E-state index >= 15 is 0 Å². The summed E-state index contributed by atoms with van der Waals surface area (Å²) in [5, 5.41) is 0.984. The maximum atomic E-state index is 12.9. The van der Waals surface area contributed by atoms with Crippen molar-refractivity contribution < 1.29 is 14.3 Å². The minimum Gasteiger partial charge on any atom is -0.478 e. The number of hydrogen-bond acceptors (Lipinski definition) is 6. The topological polar surface area (TPSA) is 67.8 Å². The van der Waals surface area contributed by atoms with E-state index in [1.54, 1.807) is 6.92 Å². The Balaban J connectivity index is 0.00000172. The van der Waals surface area contributed by atoms with Crippen LogP contribution < -0.4 is 9.64 Å². The predicted octanol–water partition coefficient (Wildman–Crippen LogP) is 6.42. The fourth-order valence-corrected chi connectivity index (χ4v) is 5.60. The molecule has 2 fully saturated rings. The molecule has 2 aliphatic rings. The van der Waals surface area contributed by atoms with Gasteiger partial charge in [0, 0.05) is 62.1 Å². The van der Waals surface area contributed by atoms with E-state index in [4.69, 9.17) is 9.47 Å². The maximum absolute atomic E-state index is 12.9. The summed E-state index contributed by atoms with van der Waals surface area (Å²) in [4.78, 5) is 26.6. The first kappa shape index (κ1) is 29.0. The summed E-state index contributed by atoms with van der Waals surface area (Å²) in [6.07, 6.45) is 10.4. The van der Waals surface area contributed by atoms with Crippen LogP contribution in [0.15, 0.2) is 42.7 Å². The summed E-state index contributed by atoms with van der Waals surface area (Å²) >= 11 is 0. The summed E-state index contributed by atoms with van der Waals surface area (Å²) in [6, 6.07) is 10.4. The smallest absolute Gasteiger partial charge is 0.224 e. The van der Waals surface area contributed by atoms with E-state index in [9.17, 15) is 4.79 Å². The predicted molar refractivity (Wildman–Crippen MR) is 158 cm³/mol. The lowest BCUT2D eigenvalue weighted by atomic mass is 9.99. The number of hydrogen-bond donors (Lipinski definition) is 0. The molecule has 0 N–H and O–H groups in total. The molecule has 0 spiro atoms. The molecule has 2 saturated heterocycles. The average Bonchev–Trinajstić information content (AvgIpc) is 2.99. The average molecular weight is 533 g/mol. The number of aryl methyl sites for hydroxylation is 1. The molecule has 2 aliphatic heterocycles. The Hall–Kier alpha value is -3.03. The monoisotopic (exact) mass is 532 g/mol. The lowest BCUT2D eigenvalue weighted by Gasteiger charge is -2.35. The molecule has 3 aromatic rings. The van der Waals surface area contributed by atoms with E-state index in [1.165, 1.54) is 32.4 Å². The molecule has 4 heterocycles. The van der Waals surface area contributed by atoms with Gasteiger partial charge in [0.25, 0.3) is 0 Å². The molecule has 5 rings (SSSR count). The van der Waals surface area contributed by atoms with E-state index < -0.39 is 0 Å². The zero-order chi connectivity index (χ0) is 27.6. The minimum absolute atomic E-state index is 0.0522. The molecule has 0 atom stereocenters. The fraction of sp³-hybridized carbons (Fsp3) is 0.531. The number of ether oxygens (including phenoxy) is 2. The standard InChI is InChI=1S/C30H38N4O3.C2H6/c1-22-20-31-28-9-7-24(19-27(28)30(22)34(23(2)35)26-11-17-36-18-12-26)25-8-10-29(32-21-25)37-16-6-15-33-13-4-3-5-14-33;1-2/h7-10,19-21,26H,3-6,11-18H2,1-2H3;1-2H3. The van der Waals surface area contributed by atoms with E-state index in [0.29, 0.717) is 25.7 Å². The van der Waals surface area contributed by atoms with Crippen LogP contribution in [0.5, 0.6) is 5.88 Å². The van der Waals surface area contributed by atoms with Crippen molar-refractivity contribution in [3.63, 3.8) is 0 Å². The van der Waals surface area contributed by atoms with Gasteiger partial charge in [0.2, 0.25) is 11.8 Å². The largest absolute Gasteiger partial charge is 0.478 e. The van der Waals surface area contributed by atoms with Gasteiger partial charge in [-0.25, -0.2) is 4.98 Å². The molecule has 210 valence electrons. The third-order valence-corrected chi connectivity index (χ3v) is 7.55. The van der Waals surface area contributed by atoms with Crippen LogP contribution in [-0.4, -0.2) is 66.3 Å². The number of piperidine rings is 1. The second kappa shape index (κ2) is 14.4. The van der Waals surface area contributed by atoms with Crippen LogP contribution >= 0.6 is 0 Å². The molecule has 0 saturated carbocycles. The Morgan fingerprint density at radius 1 is 1.03 bits per heavy atom. The molecule has 0 radical (unpaired) electrons. The van der Waals surface area contributed by atoms with Gasteiger partial charge in [-0.05, 0) is 81.4 Å². The lowest BCUT2D eigenvalue weighted by Crippen LogP contribution is -2.43. The Morgan fingerprint density at radius 2 is 1.77 bits per heavy atom. The van der Waals surface area contributed by atoms with Crippen molar-refractivity contribution in [3.8, 4) is 17.0 Å². The zero-order valence-corrected chi connectivity index (χ0v) is 24.1. The highest BCUT2D eigenvalue weighted by atomic mass is 16.5. The van der Waals surface area contributed by atoms with Gasteiger partial charge < -0.3 is 19.3 Å². The van der Waals surface area contributed by atoms with Gasteiger partial charge >= 0.3 is 0 Å². The van der Waals surface area contributed by atoms with Gasteiger partial charge in [0.05, 0.1) is 17.8 Å². The fourth-order valence-electron chi connectivity index (χ4n) is 5.60. The number of fused-ring (bicyclic) bond motifs is 1. The van der Waals surface area contributed by atoms with Crippen molar-refractivity contribution >= 4 is 22.5 Å². The Bertz CT molecular complexity index is 1200. The summed E-state index contributed by atoms with van der Waals surface area (Å²) < 4.78 is 11.5. The summed E-state index contributed by atoms with van der Waals surface area (Å²) in [5.74, 6) is 0.708. The van der Waals surface area contributed by atoms with Crippen molar-refractivity contribution in [2.75, 3.05) is 44.4 Å². The molecule has 0 bridgehead atoms. The molecule has 7 nitrogen and oxygen atoms in total. The molecule has 1 aromatic carbocycles. The highest BCUT2D eigenvalue weighted by Crippen LogP contribution is 2.35. The molecule has 1 amide bonds. The quantitative estimate of drug-likeness (QED) is 0.312. The van der Waals surface area contributed by atoms with Crippen molar-refractivity contribution in [2.45, 2.75) is 72.3 Å². The molecular weight excluding hydrogens is 488 g/mol. The Kier molecular flexibility index (Phi) is 10.7. The number of carbonyl (C=O) groups excluding carboxylic acids is 1. The number of carbonyl (C=O) groups is 1. The second-order valence-electron chi connectivity index (χ2n) is 10.2. The van der Waals surface area contributed by atoms with E-state index in [-0.39, 0.29) is 11.9 Å². The number of likely N-dealkylation sites (tertiary alicyclic amines) is 1. The van der Waals surface area contributed by atoms with Crippen LogP contribution in [0.25, 0.3) is 22.0 Å². The number of pyridine rings is 2. The third-order valence-electron chi connectivity index (χ3n) is 7.55. The molecule has 7 heteroatoms. The first-order valence-electron chi connectivity index (χ1n) is 14.7. The van der Waals surface area contributed by atoms with Gasteiger partial charge in [-0.1, -0.05) is 26.3 Å². The lowest BCUT2D eigenvalue weighted by molar-refractivity contribution is -0.117. The number of anilines is 1. The van der Waals surface area contributed by atoms with E-state index in [2.05, 4.69) is 33.1 Å². The van der Waals surface area contributed by atoms with Crippen LogP contribution in [0, 0.1) is 6.92 Å². The number of nitrogens with zero attached hydrogens (tertiary/aromatic N) is 4. The highest BCUT2D eigenvalue weighted by Gasteiger charge is 2.28. The summed E-state index contributed by atoms with van der Waals surface area (Å²) in [6.45, 7) is 13.3. The Labute approximate surface area is 233 Å². The van der Waals surface area contributed by atoms with Crippen LogP contribution in [0.4, 0.5) is 5.69 Å². The third kappa shape index (κ3) is 7.34. The summed E-state index contributed by atoms with van der Waals surface area (Å²) in [5.41, 5.74) is 4.88. The highest BCUT2D eigenvalue weighted by molar-refractivity contribution is 6.04. The minimum atomic E-state index is 0.0522. The second-order valence-corrected chi connectivity index (χ2v) is 10.2. The van der Waals surface area contributed by atoms with Gasteiger partial charge in [-0.2, -0.15) is 0 Å². The van der Waals surface area contributed by atoms with Crippen LogP contribution in [0.3, 0.4) is 0 Å². The van der Waals surface area contributed by atoms with Crippen LogP contribution in [0.2, 0.25) is 0 Å². The van der Waals surface area contributed by atoms with Gasteiger partial charge in [-0.3, -0.25) is 9.78 Å². The van der Waals surface area contributed by atoms with E-state index in [1.807, 2.05) is 50.2 Å². The molecule has 0 unspecified atom stereocenters. The zero-order valence-electron chi connectivity index (χ0n) is 24.1. The Morgan fingerprint density at radius 3 is 2.46 bits per heavy atom. The molecule has 2 aromatic heterocycles. The van der Waals surface area contributed by atoms with Crippen LogP contribution in [0.1, 0.15) is 64.9 Å². The SMILES string of the molecule is CC.CC(=O)N(c1c(C)cnc2ccc(-c3ccc(OCCCN4CCCCC4)nc3)cc12)C1CCOCC1. The molecule has 39 heavy (non-hydrogen) atoms. The number of amides is 1. The normalized spacial score (nSPS) is 16.4. The molecule has 0 aliphatic carbocycles. The number of aromatic nitrogens is 2. The first-order valence-corrected chi connectivity index (χ1v) is 14.7. The van der Waals surface area contributed by atoms with E-state index in [0.717, 1.165) is 59.1 Å². The van der Waals surface area contributed by atoms with Crippen molar-refractivity contribution in [1.29, 1.82) is 0 Å². The van der Waals surface area contributed by atoms with Gasteiger partial charge in [0.1, 0.15) is 0 Å².